The smallest absolute Gasteiger partial charge is 0.256 e. The average molecular weight is 325 g/mol. The average Bonchev–Trinajstić information content (AvgIpc) is 3.09. The minimum Gasteiger partial charge on any atom is -0.387 e. The van der Waals surface area contributed by atoms with Crippen LogP contribution in [0, 0.1) is 6.92 Å². The predicted octanol–water partition coefficient (Wildman–Crippen LogP) is 1.82. The van der Waals surface area contributed by atoms with Crippen molar-refractivity contribution in [3.8, 4) is 0 Å². The summed E-state index contributed by atoms with van der Waals surface area (Å²) in [7, 11) is 0. The van der Waals surface area contributed by atoms with Gasteiger partial charge in [-0.15, -0.1) is 5.10 Å². The lowest BCUT2D eigenvalue weighted by Gasteiger charge is -2.38. The first-order chi connectivity index (χ1) is 11.5. The Hall–Kier alpha value is -2.67. The number of H-pyrrole nitrogens is 1. The number of aliphatic hydroxyl groups is 1. The number of rotatable bonds is 3. The number of nitrogens with zero attached hydrogens (tertiary/aromatic N) is 4. The zero-order chi connectivity index (χ0) is 16.8. The third kappa shape index (κ3) is 2.28. The highest BCUT2D eigenvalue weighted by Crippen LogP contribution is 2.28. The molecular formula is C17H19N5O2. The van der Waals surface area contributed by atoms with Crippen molar-refractivity contribution >= 4 is 16.8 Å². The lowest BCUT2D eigenvalue weighted by molar-refractivity contribution is 0.0499. The van der Waals surface area contributed by atoms with Crippen LogP contribution in [0.5, 0.6) is 0 Å². The molecule has 1 saturated heterocycles. The number of hydrogen-bond acceptors (Lipinski definition) is 4. The lowest BCUT2D eigenvalue weighted by Crippen LogP contribution is -2.51. The van der Waals surface area contributed by atoms with Crippen LogP contribution in [0.2, 0.25) is 0 Å². The fraction of sp³-hybridized carbons (Fsp3) is 0.353. The van der Waals surface area contributed by atoms with E-state index in [4.69, 9.17) is 0 Å². The van der Waals surface area contributed by atoms with Gasteiger partial charge in [-0.05, 0) is 19.9 Å². The lowest BCUT2D eigenvalue weighted by atomic mass is 10.0. The molecule has 24 heavy (non-hydrogen) atoms. The van der Waals surface area contributed by atoms with E-state index < -0.39 is 6.10 Å². The highest BCUT2D eigenvalue weighted by molar-refractivity contribution is 6.08. The number of aromatic nitrogens is 4. The fourth-order valence-corrected chi connectivity index (χ4v) is 3.16. The van der Waals surface area contributed by atoms with Crippen molar-refractivity contribution < 1.29 is 9.90 Å². The minimum atomic E-state index is -0.634. The molecule has 1 aliphatic heterocycles. The van der Waals surface area contributed by atoms with Crippen molar-refractivity contribution in [1.29, 1.82) is 0 Å². The van der Waals surface area contributed by atoms with Crippen LogP contribution < -0.4 is 0 Å². The zero-order valence-electron chi connectivity index (χ0n) is 13.6. The minimum absolute atomic E-state index is 0.0389. The zero-order valence-corrected chi connectivity index (χ0v) is 13.6. The Labute approximate surface area is 138 Å². The van der Waals surface area contributed by atoms with Crippen molar-refractivity contribution in [2.75, 3.05) is 13.1 Å². The van der Waals surface area contributed by atoms with Crippen LogP contribution in [0.3, 0.4) is 0 Å². The number of aliphatic hydroxyl groups excluding tert-OH is 1. The second-order valence-corrected chi connectivity index (χ2v) is 6.33. The number of para-hydroxylation sites is 1. The maximum atomic E-state index is 12.8. The van der Waals surface area contributed by atoms with Gasteiger partial charge in [0.05, 0.1) is 23.9 Å². The molecule has 1 amide bonds. The van der Waals surface area contributed by atoms with Gasteiger partial charge in [0.15, 0.2) is 0 Å². The molecule has 1 fully saturated rings. The Morgan fingerprint density at radius 1 is 1.38 bits per heavy atom. The van der Waals surface area contributed by atoms with E-state index in [1.807, 2.05) is 36.1 Å². The number of amides is 1. The number of aromatic amines is 1. The highest BCUT2D eigenvalue weighted by atomic mass is 16.3. The van der Waals surface area contributed by atoms with E-state index >= 15 is 0 Å². The molecule has 0 bridgehead atoms. The van der Waals surface area contributed by atoms with E-state index in [2.05, 4.69) is 15.3 Å². The molecule has 0 radical (unpaired) electrons. The van der Waals surface area contributed by atoms with Crippen LogP contribution >= 0.6 is 0 Å². The van der Waals surface area contributed by atoms with Gasteiger partial charge in [0.2, 0.25) is 0 Å². The molecule has 0 spiro atoms. The van der Waals surface area contributed by atoms with Gasteiger partial charge in [-0.2, -0.15) is 0 Å². The standard InChI is InChI=1S/C17H19N5O2/c1-10-16(13-5-3-4-6-14(13)18-10)17(24)21-7-12(8-21)22-9-15(11(2)23)19-20-22/h3-6,9,11-12,18,23H,7-8H2,1-2H3. The van der Waals surface area contributed by atoms with Crippen molar-refractivity contribution in [3.63, 3.8) is 0 Å². The molecule has 1 unspecified atom stereocenters. The monoisotopic (exact) mass is 325 g/mol. The fourth-order valence-electron chi connectivity index (χ4n) is 3.16. The van der Waals surface area contributed by atoms with Gasteiger partial charge in [-0.3, -0.25) is 4.79 Å². The largest absolute Gasteiger partial charge is 0.387 e. The van der Waals surface area contributed by atoms with Gasteiger partial charge in [0.1, 0.15) is 5.69 Å². The first-order valence-electron chi connectivity index (χ1n) is 8.01. The van der Waals surface area contributed by atoms with Crippen molar-refractivity contribution in [2.45, 2.75) is 26.0 Å². The topological polar surface area (TPSA) is 87.0 Å². The van der Waals surface area contributed by atoms with Gasteiger partial charge in [0.25, 0.3) is 5.91 Å². The second kappa shape index (κ2) is 5.45. The number of carbonyl (C=O) groups excluding carboxylic acids is 1. The molecule has 3 heterocycles. The molecule has 124 valence electrons. The Balaban J connectivity index is 1.52. The van der Waals surface area contributed by atoms with E-state index in [-0.39, 0.29) is 11.9 Å². The molecule has 2 aromatic heterocycles. The number of benzene rings is 1. The summed E-state index contributed by atoms with van der Waals surface area (Å²) >= 11 is 0. The van der Waals surface area contributed by atoms with Crippen molar-refractivity contribution in [1.82, 2.24) is 24.9 Å². The maximum absolute atomic E-state index is 12.8. The van der Waals surface area contributed by atoms with Crippen LogP contribution in [0.4, 0.5) is 0 Å². The summed E-state index contributed by atoms with van der Waals surface area (Å²) in [6, 6.07) is 7.95. The van der Waals surface area contributed by atoms with Gasteiger partial charge >= 0.3 is 0 Å². The Morgan fingerprint density at radius 2 is 2.12 bits per heavy atom. The molecule has 2 N–H and O–H groups in total. The van der Waals surface area contributed by atoms with Crippen molar-refractivity contribution in [3.05, 3.63) is 47.4 Å². The van der Waals surface area contributed by atoms with Crippen LogP contribution in [0.25, 0.3) is 10.9 Å². The summed E-state index contributed by atoms with van der Waals surface area (Å²) in [5.41, 5.74) is 3.16. The number of carbonyl (C=O) groups is 1. The SMILES string of the molecule is Cc1[nH]c2ccccc2c1C(=O)N1CC(n2cc(C(C)O)nn2)C1. The van der Waals surface area contributed by atoms with Crippen LogP contribution in [0.1, 0.15) is 40.8 Å². The molecule has 1 aliphatic rings. The number of fused-ring (bicyclic) bond motifs is 1. The van der Waals surface area contributed by atoms with E-state index in [0.29, 0.717) is 18.8 Å². The maximum Gasteiger partial charge on any atom is 0.256 e. The number of aryl methyl sites for hydroxylation is 1. The summed E-state index contributed by atoms with van der Waals surface area (Å²) < 4.78 is 1.73. The van der Waals surface area contributed by atoms with Gasteiger partial charge in [-0.1, -0.05) is 23.4 Å². The highest BCUT2D eigenvalue weighted by Gasteiger charge is 2.35. The number of nitrogens with one attached hydrogen (secondary N) is 1. The first kappa shape index (κ1) is 14.9. The molecule has 0 saturated carbocycles. The molecule has 3 aromatic rings. The molecule has 7 heteroatoms. The molecule has 1 atom stereocenters. The number of hydrogen-bond donors (Lipinski definition) is 2. The quantitative estimate of drug-likeness (QED) is 0.769. The van der Waals surface area contributed by atoms with E-state index in [1.54, 1.807) is 17.8 Å². The van der Waals surface area contributed by atoms with Crippen LogP contribution in [0.15, 0.2) is 30.5 Å². The normalized spacial score (nSPS) is 16.4. The summed E-state index contributed by atoms with van der Waals surface area (Å²) in [5.74, 6) is 0.0389. The van der Waals surface area contributed by atoms with Crippen molar-refractivity contribution in [2.24, 2.45) is 0 Å². The molecule has 1 aromatic carbocycles. The molecule has 4 rings (SSSR count). The Kier molecular flexibility index (Phi) is 3.38. The van der Waals surface area contributed by atoms with Gasteiger partial charge < -0.3 is 15.0 Å². The van der Waals surface area contributed by atoms with Gasteiger partial charge in [-0.25, -0.2) is 4.68 Å². The van der Waals surface area contributed by atoms with E-state index in [0.717, 1.165) is 22.2 Å². The molecule has 7 nitrogen and oxygen atoms in total. The summed E-state index contributed by atoms with van der Waals surface area (Å²) in [6.07, 6.45) is 1.11. The molecule has 0 aliphatic carbocycles. The van der Waals surface area contributed by atoms with E-state index in [9.17, 15) is 9.90 Å². The molecular weight excluding hydrogens is 306 g/mol. The Bertz CT molecular complexity index is 905. The van der Waals surface area contributed by atoms with E-state index in [1.165, 1.54) is 0 Å². The summed E-state index contributed by atoms with van der Waals surface area (Å²) in [4.78, 5) is 17.9. The third-order valence-corrected chi connectivity index (χ3v) is 4.59. The summed E-state index contributed by atoms with van der Waals surface area (Å²) in [5, 5.41) is 18.5. The first-order valence-corrected chi connectivity index (χ1v) is 8.01. The van der Waals surface area contributed by atoms with Crippen LogP contribution in [-0.4, -0.2) is 49.0 Å². The predicted molar refractivity (Wildman–Crippen MR) is 88.6 cm³/mol. The summed E-state index contributed by atoms with van der Waals surface area (Å²) in [6.45, 7) is 4.78. The van der Waals surface area contributed by atoms with Gasteiger partial charge in [0, 0.05) is 29.7 Å². The third-order valence-electron chi connectivity index (χ3n) is 4.59. The number of likely N-dealkylation sites (tertiary alicyclic amines) is 1. The Morgan fingerprint density at radius 3 is 2.83 bits per heavy atom. The van der Waals surface area contributed by atoms with Crippen LogP contribution in [-0.2, 0) is 0 Å². The second-order valence-electron chi connectivity index (χ2n) is 6.33.